The van der Waals surface area contributed by atoms with Gasteiger partial charge in [0.2, 0.25) is 6.79 Å². The van der Waals surface area contributed by atoms with E-state index in [9.17, 15) is 25.2 Å². The molecule has 0 amide bonds. The summed E-state index contributed by atoms with van der Waals surface area (Å²) in [7, 11) is 0. The number of ether oxygens (including phenoxy) is 4. The number of fused-ring (bicyclic) bond motifs is 1. The first-order valence-corrected chi connectivity index (χ1v) is 9.23. The molecule has 160 valence electrons. The zero-order valence-corrected chi connectivity index (χ0v) is 16.4. The number of aliphatic hydroxyl groups is 3. The summed E-state index contributed by atoms with van der Waals surface area (Å²) in [6.07, 6.45) is -5.29. The molecule has 0 aromatic heterocycles. The highest BCUT2D eigenvalue weighted by Gasteiger charge is 2.48. The van der Waals surface area contributed by atoms with Crippen LogP contribution in [0.4, 0.5) is 0 Å². The predicted octanol–water partition coefficient (Wildman–Crippen LogP) is 0.752. The van der Waals surface area contributed by atoms with Crippen LogP contribution in [0.5, 0.6) is 11.5 Å². The minimum atomic E-state index is -1.76. The summed E-state index contributed by atoms with van der Waals surface area (Å²) in [4.78, 5) is 11.3. The zero-order valence-electron chi connectivity index (χ0n) is 16.4. The van der Waals surface area contributed by atoms with Crippen molar-refractivity contribution in [3.63, 3.8) is 0 Å². The van der Waals surface area contributed by atoms with Crippen LogP contribution in [0.15, 0.2) is 24.3 Å². The third-order valence-corrected chi connectivity index (χ3v) is 4.81. The van der Waals surface area contributed by atoms with E-state index < -0.39 is 48.2 Å². The highest BCUT2D eigenvalue weighted by Crippen LogP contribution is 2.34. The molecule has 1 aromatic rings. The second-order valence-electron chi connectivity index (χ2n) is 8.13. The summed E-state index contributed by atoms with van der Waals surface area (Å²) in [6.45, 7) is 5.87. The van der Waals surface area contributed by atoms with Gasteiger partial charge in [0.05, 0.1) is 6.10 Å². The van der Waals surface area contributed by atoms with Crippen molar-refractivity contribution in [1.82, 2.24) is 0 Å². The molecule has 2 aliphatic rings. The van der Waals surface area contributed by atoms with Gasteiger partial charge in [0.25, 0.3) is 0 Å². The standard InChI is InChI=1S/C20H26O9/c1-20(2,3)13(7-5-10-4-6-11-12(8-10)27-9-26-11)28-19-16(23)14(21)15(22)17(29-19)18(24)25/h4-8,13-17,19,21-23H,9H2,1-3H3,(H,24,25). The molecule has 9 heteroatoms. The number of aliphatic carboxylic acids is 1. The molecule has 3 rings (SSSR count). The van der Waals surface area contributed by atoms with Crippen molar-refractivity contribution in [3.8, 4) is 11.5 Å². The van der Waals surface area contributed by atoms with E-state index >= 15 is 0 Å². The van der Waals surface area contributed by atoms with Gasteiger partial charge in [-0.2, -0.15) is 0 Å². The second kappa shape index (κ2) is 8.29. The molecule has 0 saturated carbocycles. The molecule has 1 saturated heterocycles. The van der Waals surface area contributed by atoms with Gasteiger partial charge in [-0.1, -0.05) is 39.0 Å². The lowest BCUT2D eigenvalue weighted by molar-refractivity contribution is -0.306. The fraction of sp³-hybridized carbons (Fsp3) is 0.550. The highest BCUT2D eigenvalue weighted by molar-refractivity contribution is 5.73. The second-order valence-corrected chi connectivity index (χ2v) is 8.13. The molecular formula is C20H26O9. The number of carboxylic acids is 1. The maximum absolute atomic E-state index is 11.3. The van der Waals surface area contributed by atoms with Crippen molar-refractivity contribution in [3.05, 3.63) is 29.8 Å². The Kier molecular flexibility index (Phi) is 6.16. The smallest absolute Gasteiger partial charge is 0.335 e. The lowest BCUT2D eigenvalue weighted by atomic mass is 9.88. The first-order valence-electron chi connectivity index (χ1n) is 9.23. The number of benzene rings is 1. The summed E-state index contributed by atoms with van der Waals surface area (Å²) in [5.74, 6) is -0.162. The quantitative estimate of drug-likeness (QED) is 0.554. The Balaban J connectivity index is 1.77. The molecule has 0 radical (unpaired) electrons. The number of rotatable bonds is 5. The number of aliphatic hydroxyl groups excluding tert-OH is 3. The summed E-state index contributed by atoms with van der Waals surface area (Å²) >= 11 is 0. The average Bonchev–Trinajstić information content (AvgIpc) is 3.11. The number of carbonyl (C=O) groups is 1. The SMILES string of the molecule is CC(C)(C)C(C=Cc1ccc2c(c1)OCO2)OC1OC(C(=O)O)C(O)C(O)C1O. The fourth-order valence-electron chi connectivity index (χ4n) is 3.06. The average molecular weight is 410 g/mol. The van der Waals surface area contributed by atoms with Crippen molar-refractivity contribution < 1.29 is 44.2 Å². The first-order chi connectivity index (χ1) is 13.6. The van der Waals surface area contributed by atoms with Crippen LogP contribution in [0.1, 0.15) is 26.3 Å². The Morgan fingerprint density at radius 2 is 1.83 bits per heavy atom. The van der Waals surface area contributed by atoms with Crippen molar-refractivity contribution in [2.24, 2.45) is 5.41 Å². The monoisotopic (exact) mass is 410 g/mol. The van der Waals surface area contributed by atoms with Gasteiger partial charge in [0.15, 0.2) is 23.9 Å². The lowest BCUT2D eigenvalue weighted by Gasteiger charge is -2.41. The third kappa shape index (κ3) is 4.71. The van der Waals surface area contributed by atoms with Gasteiger partial charge in [-0.05, 0) is 23.1 Å². The molecule has 2 aliphatic heterocycles. The van der Waals surface area contributed by atoms with Gasteiger partial charge < -0.3 is 39.4 Å². The summed E-state index contributed by atoms with van der Waals surface area (Å²) in [5, 5.41) is 39.2. The molecule has 1 fully saturated rings. The molecule has 4 N–H and O–H groups in total. The summed E-state index contributed by atoms with van der Waals surface area (Å²) < 4.78 is 21.7. The molecule has 9 nitrogen and oxygen atoms in total. The molecule has 0 aliphatic carbocycles. The van der Waals surface area contributed by atoms with Crippen LogP contribution in [0.25, 0.3) is 6.08 Å². The van der Waals surface area contributed by atoms with Crippen LogP contribution < -0.4 is 9.47 Å². The van der Waals surface area contributed by atoms with Crippen LogP contribution in [-0.4, -0.2) is 70.0 Å². The minimum absolute atomic E-state index is 0.173. The van der Waals surface area contributed by atoms with E-state index in [2.05, 4.69) is 0 Å². The van der Waals surface area contributed by atoms with E-state index in [1.54, 1.807) is 18.2 Å². The molecule has 2 heterocycles. The van der Waals surface area contributed by atoms with E-state index in [0.717, 1.165) is 5.56 Å². The molecule has 0 bridgehead atoms. The van der Waals surface area contributed by atoms with Crippen LogP contribution in [0.3, 0.4) is 0 Å². The van der Waals surface area contributed by atoms with Crippen molar-refractivity contribution >= 4 is 12.0 Å². The van der Waals surface area contributed by atoms with E-state index in [1.807, 2.05) is 32.9 Å². The van der Waals surface area contributed by atoms with E-state index in [0.29, 0.717) is 11.5 Å². The predicted molar refractivity (Wildman–Crippen MR) is 100 cm³/mol. The van der Waals surface area contributed by atoms with Crippen molar-refractivity contribution in [2.75, 3.05) is 6.79 Å². The molecule has 1 aromatic carbocycles. The van der Waals surface area contributed by atoms with Crippen LogP contribution in [0.2, 0.25) is 0 Å². The Hall–Kier alpha value is -2.17. The number of carboxylic acid groups (broad SMARTS) is 1. The van der Waals surface area contributed by atoms with Crippen LogP contribution in [0, 0.1) is 5.41 Å². The number of hydrogen-bond donors (Lipinski definition) is 4. The van der Waals surface area contributed by atoms with Gasteiger partial charge in [-0.25, -0.2) is 4.79 Å². The fourth-order valence-corrected chi connectivity index (χ4v) is 3.06. The largest absolute Gasteiger partial charge is 0.479 e. The molecule has 29 heavy (non-hydrogen) atoms. The Bertz CT molecular complexity index is 770. The summed E-state index contributed by atoms with van der Waals surface area (Å²) in [5.41, 5.74) is 0.381. The Morgan fingerprint density at radius 3 is 2.48 bits per heavy atom. The maximum Gasteiger partial charge on any atom is 0.335 e. The Labute approximate surface area is 168 Å². The van der Waals surface area contributed by atoms with Crippen molar-refractivity contribution in [1.29, 1.82) is 0 Å². The first kappa shape index (κ1) is 21.5. The van der Waals surface area contributed by atoms with Gasteiger partial charge in [0, 0.05) is 0 Å². The molecule has 6 atom stereocenters. The van der Waals surface area contributed by atoms with Gasteiger partial charge in [0.1, 0.15) is 18.3 Å². The molecular weight excluding hydrogens is 384 g/mol. The topological polar surface area (TPSA) is 135 Å². The van der Waals surface area contributed by atoms with Gasteiger partial charge in [-0.3, -0.25) is 0 Å². The lowest BCUT2D eigenvalue weighted by Crippen LogP contribution is -2.61. The van der Waals surface area contributed by atoms with Gasteiger partial charge >= 0.3 is 5.97 Å². The molecule has 0 spiro atoms. The molecule has 6 unspecified atom stereocenters. The zero-order chi connectivity index (χ0) is 21.3. The van der Waals surface area contributed by atoms with Crippen molar-refractivity contribution in [2.45, 2.75) is 57.6 Å². The summed E-state index contributed by atoms with van der Waals surface area (Å²) in [6, 6.07) is 5.44. The van der Waals surface area contributed by atoms with Gasteiger partial charge in [-0.15, -0.1) is 0 Å². The highest BCUT2D eigenvalue weighted by atomic mass is 16.7. The van der Waals surface area contributed by atoms with Crippen LogP contribution >= 0.6 is 0 Å². The van der Waals surface area contributed by atoms with E-state index in [-0.39, 0.29) is 6.79 Å². The minimum Gasteiger partial charge on any atom is -0.479 e. The third-order valence-electron chi connectivity index (χ3n) is 4.81. The van der Waals surface area contributed by atoms with E-state index in [1.165, 1.54) is 0 Å². The number of hydrogen-bond acceptors (Lipinski definition) is 8. The van der Waals surface area contributed by atoms with Crippen LogP contribution in [-0.2, 0) is 14.3 Å². The van der Waals surface area contributed by atoms with E-state index in [4.69, 9.17) is 18.9 Å². The Morgan fingerprint density at radius 1 is 1.14 bits per heavy atom. The maximum atomic E-state index is 11.3. The normalized spacial score (nSPS) is 30.5.